The lowest BCUT2D eigenvalue weighted by Crippen LogP contribution is -2.34. The molecule has 138 valence electrons. The molecule has 3 aromatic rings. The second-order valence-electron chi connectivity index (χ2n) is 6.82. The Bertz CT molecular complexity index is 936. The Morgan fingerprint density at radius 3 is 2.52 bits per heavy atom. The molecule has 4 heteroatoms. The number of fused-ring (bicyclic) bond motifs is 1. The molecule has 1 saturated heterocycles. The molecule has 0 aromatic heterocycles. The summed E-state index contributed by atoms with van der Waals surface area (Å²) in [5.74, 6) is 1.58. The van der Waals surface area contributed by atoms with Crippen LogP contribution in [0.5, 0.6) is 11.5 Å². The van der Waals surface area contributed by atoms with Crippen LogP contribution in [0.3, 0.4) is 0 Å². The van der Waals surface area contributed by atoms with Crippen molar-refractivity contribution in [3.8, 4) is 11.5 Å². The fourth-order valence-corrected chi connectivity index (χ4v) is 3.72. The molecule has 0 N–H and O–H groups in total. The van der Waals surface area contributed by atoms with E-state index in [0.29, 0.717) is 0 Å². The van der Waals surface area contributed by atoms with Gasteiger partial charge in [0, 0.05) is 6.54 Å². The Hall–Kier alpha value is -3.01. The van der Waals surface area contributed by atoms with Crippen LogP contribution < -0.4 is 9.47 Å². The molecule has 1 atom stereocenters. The number of hydrogen-bond acceptors (Lipinski definition) is 3. The van der Waals surface area contributed by atoms with Crippen molar-refractivity contribution in [2.45, 2.75) is 18.9 Å². The molecule has 0 aliphatic carbocycles. The largest absolute Gasteiger partial charge is 0.497 e. The molecule has 1 fully saturated rings. The van der Waals surface area contributed by atoms with Gasteiger partial charge in [-0.25, -0.2) is 0 Å². The van der Waals surface area contributed by atoms with Gasteiger partial charge in [0.05, 0.1) is 13.2 Å². The number of hydrogen-bond donors (Lipinski definition) is 0. The van der Waals surface area contributed by atoms with Crippen molar-refractivity contribution in [2.75, 3.05) is 20.3 Å². The maximum Gasteiger partial charge on any atom is 0.261 e. The zero-order chi connectivity index (χ0) is 18.6. The van der Waals surface area contributed by atoms with Crippen LogP contribution in [0.25, 0.3) is 10.8 Å². The topological polar surface area (TPSA) is 38.8 Å². The van der Waals surface area contributed by atoms with E-state index in [9.17, 15) is 4.79 Å². The molecule has 0 unspecified atom stereocenters. The SMILES string of the molecule is COc1ccc([C@@H]2CCCN2C(=O)COc2ccc3ccccc3c2)cc1. The number of likely N-dealkylation sites (tertiary alicyclic amines) is 1. The lowest BCUT2D eigenvalue weighted by atomic mass is 10.0. The van der Waals surface area contributed by atoms with E-state index in [1.165, 1.54) is 0 Å². The van der Waals surface area contributed by atoms with Crippen LogP contribution in [0.4, 0.5) is 0 Å². The number of nitrogens with zero attached hydrogens (tertiary/aromatic N) is 1. The molecular formula is C23H23NO3. The van der Waals surface area contributed by atoms with Gasteiger partial charge in [0.1, 0.15) is 11.5 Å². The van der Waals surface area contributed by atoms with Gasteiger partial charge >= 0.3 is 0 Å². The Labute approximate surface area is 159 Å². The molecule has 3 aromatic carbocycles. The lowest BCUT2D eigenvalue weighted by Gasteiger charge is -2.25. The van der Waals surface area contributed by atoms with E-state index in [2.05, 4.69) is 6.07 Å². The van der Waals surface area contributed by atoms with Gasteiger partial charge in [-0.15, -0.1) is 0 Å². The number of carbonyl (C=O) groups excluding carboxylic acids is 1. The van der Waals surface area contributed by atoms with Gasteiger partial charge in [-0.3, -0.25) is 4.79 Å². The molecule has 0 bridgehead atoms. The highest BCUT2D eigenvalue weighted by molar-refractivity contribution is 5.84. The quantitative estimate of drug-likeness (QED) is 0.667. The smallest absolute Gasteiger partial charge is 0.261 e. The van der Waals surface area contributed by atoms with Crippen LogP contribution in [0.15, 0.2) is 66.7 Å². The summed E-state index contributed by atoms with van der Waals surface area (Å²) in [7, 11) is 1.66. The normalized spacial score (nSPS) is 16.5. The zero-order valence-electron chi connectivity index (χ0n) is 15.4. The maximum absolute atomic E-state index is 12.8. The van der Waals surface area contributed by atoms with Crippen molar-refractivity contribution in [1.29, 1.82) is 0 Å². The molecule has 0 saturated carbocycles. The van der Waals surface area contributed by atoms with Crippen molar-refractivity contribution in [3.63, 3.8) is 0 Å². The minimum Gasteiger partial charge on any atom is -0.497 e. The minimum absolute atomic E-state index is 0.0291. The first-order chi connectivity index (χ1) is 13.2. The van der Waals surface area contributed by atoms with Crippen LogP contribution in [-0.2, 0) is 4.79 Å². The first-order valence-electron chi connectivity index (χ1n) is 9.29. The monoisotopic (exact) mass is 361 g/mol. The first-order valence-corrected chi connectivity index (χ1v) is 9.29. The Morgan fingerprint density at radius 1 is 1.00 bits per heavy atom. The van der Waals surface area contributed by atoms with Crippen LogP contribution in [0, 0.1) is 0 Å². The summed E-state index contributed by atoms with van der Waals surface area (Å²) < 4.78 is 11.0. The van der Waals surface area contributed by atoms with Crippen LogP contribution >= 0.6 is 0 Å². The molecule has 1 aliphatic rings. The van der Waals surface area contributed by atoms with Crippen molar-refractivity contribution in [3.05, 3.63) is 72.3 Å². The Balaban J connectivity index is 1.43. The highest BCUT2D eigenvalue weighted by atomic mass is 16.5. The van der Waals surface area contributed by atoms with E-state index < -0.39 is 0 Å². The molecule has 1 heterocycles. The summed E-state index contributed by atoms with van der Waals surface area (Å²) in [6.45, 7) is 0.835. The standard InChI is InChI=1S/C23H23NO3/c1-26-20-11-9-18(10-12-20)22-7-4-14-24(22)23(25)16-27-21-13-8-17-5-2-3-6-19(17)15-21/h2-3,5-6,8-13,15,22H,4,7,14,16H2,1H3/t22-/m0/s1. The van der Waals surface area contributed by atoms with Crippen molar-refractivity contribution in [2.24, 2.45) is 0 Å². The second-order valence-corrected chi connectivity index (χ2v) is 6.82. The van der Waals surface area contributed by atoms with Crippen molar-refractivity contribution < 1.29 is 14.3 Å². The fourth-order valence-electron chi connectivity index (χ4n) is 3.72. The molecule has 0 radical (unpaired) electrons. The highest BCUT2D eigenvalue weighted by Gasteiger charge is 2.30. The second kappa shape index (κ2) is 7.70. The zero-order valence-corrected chi connectivity index (χ0v) is 15.4. The number of amides is 1. The molecule has 27 heavy (non-hydrogen) atoms. The van der Waals surface area contributed by atoms with E-state index in [1.54, 1.807) is 7.11 Å². The van der Waals surface area contributed by atoms with Gasteiger partial charge in [-0.05, 0) is 53.4 Å². The Morgan fingerprint density at radius 2 is 1.74 bits per heavy atom. The summed E-state index contributed by atoms with van der Waals surface area (Å²) >= 11 is 0. The molecule has 1 amide bonds. The number of carbonyl (C=O) groups is 1. The molecule has 4 nitrogen and oxygen atoms in total. The van der Waals surface area contributed by atoms with E-state index in [4.69, 9.17) is 9.47 Å². The lowest BCUT2D eigenvalue weighted by molar-refractivity contribution is -0.134. The van der Waals surface area contributed by atoms with Crippen LogP contribution in [0.1, 0.15) is 24.4 Å². The fraction of sp³-hybridized carbons (Fsp3) is 0.261. The van der Waals surface area contributed by atoms with Crippen molar-refractivity contribution >= 4 is 16.7 Å². The number of methoxy groups -OCH3 is 1. The van der Waals surface area contributed by atoms with E-state index in [-0.39, 0.29) is 18.6 Å². The summed E-state index contributed by atoms with van der Waals surface area (Å²) in [6.07, 6.45) is 1.99. The molecule has 0 spiro atoms. The van der Waals surface area contributed by atoms with Crippen LogP contribution in [0.2, 0.25) is 0 Å². The number of rotatable bonds is 5. The average molecular weight is 361 g/mol. The third kappa shape index (κ3) is 3.75. The molecular weight excluding hydrogens is 338 g/mol. The van der Waals surface area contributed by atoms with Gasteiger partial charge in [0.25, 0.3) is 5.91 Å². The van der Waals surface area contributed by atoms with E-state index in [1.807, 2.05) is 65.6 Å². The summed E-state index contributed by atoms with van der Waals surface area (Å²) in [4.78, 5) is 14.7. The molecule has 4 rings (SSSR count). The van der Waals surface area contributed by atoms with E-state index in [0.717, 1.165) is 47.2 Å². The highest BCUT2D eigenvalue weighted by Crippen LogP contribution is 2.33. The maximum atomic E-state index is 12.8. The minimum atomic E-state index is 0.0291. The van der Waals surface area contributed by atoms with Crippen molar-refractivity contribution in [1.82, 2.24) is 4.90 Å². The number of benzene rings is 3. The first kappa shape index (κ1) is 17.4. The number of ether oxygens (including phenoxy) is 2. The van der Waals surface area contributed by atoms with Gasteiger partial charge in [0.15, 0.2) is 6.61 Å². The summed E-state index contributed by atoms with van der Waals surface area (Å²) in [5, 5.41) is 2.27. The van der Waals surface area contributed by atoms with Gasteiger partial charge in [-0.2, -0.15) is 0 Å². The predicted octanol–water partition coefficient (Wildman–Crippen LogP) is 4.59. The van der Waals surface area contributed by atoms with Crippen LogP contribution in [-0.4, -0.2) is 31.1 Å². The van der Waals surface area contributed by atoms with Gasteiger partial charge in [-0.1, -0.05) is 42.5 Å². The predicted molar refractivity (Wildman–Crippen MR) is 106 cm³/mol. The van der Waals surface area contributed by atoms with E-state index >= 15 is 0 Å². The third-order valence-electron chi connectivity index (χ3n) is 5.16. The molecule has 1 aliphatic heterocycles. The van der Waals surface area contributed by atoms with Gasteiger partial charge in [0.2, 0.25) is 0 Å². The summed E-state index contributed by atoms with van der Waals surface area (Å²) in [6, 6.07) is 22.1. The average Bonchev–Trinajstić information content (AvgIpc) is 3.22. The van der Waals surface area contributed by atoms with Gasteiger partial charge < -0.3 is 14.4 Å². The third-order valence-corrected chi connectivity index (χ3v) is 5.16. The Kier molecular flexibility index (Phi) is 4.97. The summed E-state index contributed by atoms with van der Waals surface area (Å²) in [5.41, 5.74) is 1.15.